The predicted octanol–water partition coefficient (Wildman–Crippen LogP) is 4.97. The minimum Gasteiger partial charge on any atom is -0.490 e. The molecule has 116 valence electrons. The van der Waals surface area contributed by atoms with E-state index in [1.807, 2.05) is 12.1 Å². The van der Waals surface area contributed by atoms with Crippen molar-refractivity contribution in [2.45, 2.75) is 58.1 Å². The first-order valence-corrected chi connectivity index (χ1v) is 8.74. The van der Waals surface area contributed by atoms with Crippen molar-refractivity contribution in [3.63, 3.8) is 0 Å². The third-order valence-corrected chi connectivity index (χ3v) is 5.28. The maximum absolute atomic E-state index is 6.35. The Balaban J connectivity index is 1.81. The predicted molar refractivity (Wildman–Crippen MR) is 88.0 cm³/mol. The van der Waals surface area contributed by atoms with E-state index in [1.54, 1.807) is 0 Å². The van der Waals surface area contributed by atoms with Crippen LogP contribution in [0.3, 0.4) is 0 Å². The largest absolute Gasteiger partial charge is 0.490 e. The Hall–Kier alpha value is -0.730. The van der Waals surface area contributed by atoms with Gasteiger partial charge in [0.2, 0.25) is 0 Å². The highest BCUT2D eigenvalue weighted by Crippen LogP contribution is 2.42. The molecule has 1 heterocycles. The molecule has 1 saturated carbocycles. The molecule has 3 rings (SSSR count). The smallest absolute Gasteiger partial charge is 0.124 e. The van der Waals surface area contributed by atoms with E-state index in [0.29, 0.717) is 18.1 Å². The van der Waals surface area contributed by atoms with Crippen LogP contribution in [0.5, 0.6) is 5.75 Å². The zero-order valence-electron chi connectivity index (χ0n) is 13.1. The standard InChI is InChI=1S/C18H26ClNO/c1-3-20-16-11-18(13-6-4-5-12(2)9-13)21-17-8-7-14(19)10-15(16)17/h7-8,10,12-13,16,18,20H,3-6,9,11H2,1-2H3. The number of nitrogens with one attached hydrogen (secondary N) is 1. The van der Waals surface area contributed by atoms with Gasteiger partial charge in [0.25, 0.3) is 0 Å². The highest BCUT2D eigenvalue weighted by molar-refractivity contribution is 6.30. The van der Waals surface area contributed by atoms with E-state index in [2.05, 4.69) is 25.2 Å². The normalized spacial score (nSPS) is 32.3. The molecule has 1 aliphatic carbocycles. The van der Waals surface area contributed by atoms with Crippen LogP contribution in [0, 0.1) is 11.8 Å². The summed E-state index contributed by atoms with van der Waals surface area (Å²) in [7, 11) is 0. The van der Waals surface area contributed by atoms with Gasteiger partial charge in [-0.2, -0.15) is 0 Å². The lowest BCUT2D eigenvalue weighted by Crippen LogP contribution is -2.39. The second-order valence-corrected chi connectivity index (χ2v) is 7.15. The maximum atomic E-state index is 6.35. The molecule has 2 nitrogen and oxygen atoms in total. The monoisotopic (exact) mass is 307 g/mol. The first-order chi connectivity index (χ1) is 10.2. The molecule has 4 unspecified atom stereocenters. The van der Waals surface area contributed by atoms with Crippen LogP contribution in [0.1, 0.15) is 57.6 Å². The Bertz CT molecular complexity index is 490. The van der Waals surface area contributed by atoms with Gasteiger partial charge in [-0.3, -0.25) is 0 Å². The molecular formula is C18H26ClNO. The second-order valence-electron chi connectivity index (χ2n) is 6.72. The van der Waals surface area contributed by atoms with E-state index >= 15 is 0 Å². The molecule has 2 aliphatic rings. The summed E-state index contributed by atoms with van der Waals surface area (Å²) in [6.45, 7) is 5.52. The van der Waals surface area contributed by atoms with Crippen molar-refractivity contribution in [2.75, 3.05) is 6.54 Å². The number of rotatable bonds is 3. The highest BCUT2D eigenvalue weighted by Gasteiger charge is 2.35. The van der Waals surface area contributed by atoms with Crippen molar-refractivity contribution in [3.05, 3.63) is 28.8 Å². The zero-order chi connectivity index (χ0) is 14.8. The molecule has 3 heteroatoms. The first kappa shape index (κ1) is 15.2. The Morgan fingerprint density at radius 3 is 2.90 bits per heavy atom. The third-order valence-electron chi connectivity index (χ3n) is 5.05. The van der Waals surface area contributed by atoms with Gasteiger partial charge >= 0.3 is 0 Å². The van der Waals surface area contributed by atoms with Gasteiger partial charge in [-0.05, 0) is 49.4 Å². The second kappa shape index (κ2) is 6.58. The SMILES string of the molecule is CCNC1CC(C2CCCC(C)C2)Oc2ccc(Cl)cc21. The Morgan fingerprint density at radius 2 is 2.14 bits per heavy atom. The summed E-state index contributed by atoms with van der Waals surface area (Å²) >= 11 is 6.16. The molecule has 0 bridgehead atoms. The minimum atomic E-state index is 0.352. The lowest BCUT2D eigenvalue weighted by atomic mass is 9.77. The summed E-state index contributed by atoms with van der Waals surface area (Å²) in [5.41, 5.74) is 1.23. The van der Waals surface area contributed by atoms with E-state index in [1.165, 1.54) is 31.2 Å². The minimum absolute atomic E-state index is 0.352. The molecule has 0 saturated heterocycles. The molecule has 1 aromatic rings. The summed E-state index contributed by atoms with van der Waals surface area (Å²) < 4.78 is 6.35. The summed E-state index contributed by atoms with van der Waals surface area (Å²) in [5, 5.41) is 4.41. The summed E-state index contributed by atoms with van der Waals surface area (Å²) in [4.78, 5) is 0. The van der Waals surface area contributed by atoms with E-state index < -0.39 is 0 Å². The van der Waals surface area contributed by atoms with Crippen molar-refractivity contribution >= 4 is 11.6 Å². The van der Waals surface area contributed by atoms with Gasteiger partial charge in [0.15, 0.2) is 0 Å². The van der Waals surface area contributed by atoms with Gasteiger partial charge in [-0.1, -0.05) is 38.3 Å². The molecule has 21 heavy (non-hydrogen) atoms. The molecule has 4 atom stereocenters. The average molecular weight is 308 g/mol. The van der Waals surface area contributed by atoms with Crippen molar-refractivity contribution in [2.24, 2.45) is 11.8 Å². The molecule has 1 fully saturated rings. The number of fused-ring (bicyclic) bond motifs is 1. The molecule has 1 N–H and O–H groups in total. The quantitative estimate of drug-likeness (QED) is 0.851. The Kier molecular flexibility index (Phi) is 4.75. The van der Waals surface area contributed by atoms with Crippen LogP contribution in [0.4, 0.5) is 0 Å². The van der Waals surface area contributed by atoms with Gasteiger partial charge < -0.3 is 10.1 Å². The van der Waals surface area contributed by atoms with Crippen molar-refractivity contribution in [1.29, 1.82) is 0 Å². The number of halogens is 1. The lowest BCUT2D eigenvalue weighted by Gasteiger charge is -2.39. The molecule has 0 spiro atoms. The van der Waals surface area contributed by atoms with Crippen LogP contribution in [-0.4, -0.2) is 12.6 Å². The van der Waals surface area contributed by atoms with Crippen LogP contribution in [0.2, 0.25) is 5.02 Å². The van der Waals surface area contributed by atoms with Crippen LogP contribution >= 0.6 is 11.6 Å². The van der Waals surface area contributed by atoms with Gasteiger partial charge in [0.05, 0.1) is 0 Å². The molecule has 0 aromatic heterocycles. The van der Waals surface area contributed by atoms with Gasteiger partial charge in [0.1, 0.15) is 11.9 Å². The van der Waals surface area contributed by atoms with Gasteiger partial charge in [-0.25, -0.2) is 0 Å². The fraction of sp³-hybridized carbons (Fsp3) is 0.667. The summed E-state index contributed by atoms with van der Waals surface area (Å²) in [5.74, 6) is 2.58. The molecule has 1 aromatic carbocycles. The van der Waals surface area contributed by atoms with E-state index in [0.717, 1.165) is 29.7 Å². The van der Waals surface area contributed by atoms with Crippen LogP contribution in [0.15, 0.2) is 18.2 Å². The maximum Gasteiger partial charge on any atom is 0.124 e. The fourth-order valence-electron chi connectivity index (χ4n) is 4.02. The number of hydrogen-bond donors (Lipinski definition) is 1. The van der Waals surface area contributed by atoms with E-state index in [4.69, 9.17) is 16.3 Å². The van der Waals surface area contributed by atoms with Gasteiger partial charge in [-0.15, -0.1) is 0 Å². The van der Waals surface area contributed by atoms with Gasteiger partial charge in [0, 0.05) is 23.0 Å². The molecule has 0 radical (unpaired) electrons. The lowest BCUT2D eigenvalue weighted by molar-refractivity contribution is 0.0619. The van der Waals surface area contributed by atoms with Crippen molar-refractivity contribution in [3.8, 4) is 5.75 Å². The molecular weight excluding hydrogens is 282 g/mol. The van der Waals surface area contributed by atoms with E-state index in [9.17, 15) is 0 Å². The Morgan fingerprint density at radius 1 is 1.29 bits per heavy atom. The number of hydrogen-bond acceptors (Lipinski definition) is 2. The zero-order valence-corrected chi connectivity index (χ0v) is 13.8. The van der Waals surface area contributed by atoms with Crippen molar-refractivity contribution < 1.29 is 4.74 Å². The fourth-order valence-corrected chi connectivity index (χ4v) is 4.20. The number of benzene rings is 1. The summed E-state index contributed by atoms with van der Waals surface area (Å²) in [6.07, 6.45) is 6.78. The van der Waals surface area contributed by atoms with Crippen molar-refractivity contribution in [1.82, 2.24) is 5.32 Å². The Labute approximate surface area is 133 Å². The first-order valence-electron chi connectivity index (χ1n) is 8.37. The summed E-state index contributed by atoms with van der Waals surface area (Å²) in [6, 6.07) is 6.42. The highest BCUT2D eigenvalue weighted by atomic mass is 35.5. The van der Waals surface area contributed by atoms with E-state index in [-0.39, 0.29) is 0 Å². The molecule has 0 amide bonds. The number of ether oxygens (including phenoxy) is 1. The average Bonchev–Trinajstić information content (AvgIpc) is 2.48. The van der Waals surface area contributed by atoms with Crippen LogP contribution in [0.25, 0.3) is 0 Å². The van der Waals surface area contributed by atoms with Crippen LogP contribution in [-0.2, 0) is 0 Å². The van der Waals surface area contributed by atoms with Crippen LogP contribution < -0.4 is 10.1 Å². The third kappa shape index (κ3) is 3.37. The molecule has 1 aliphatic heterocycles. The topological polar surface area (TPSA) is 21.3 Å².